The number of carbonyl (C=O) groups is 2. The van der Waals surface area contributed by atoms with E-state index in [0.717, 1.165) is 16.9 Å². The third kappa shape index (κ3) is 5.31. The largest absolute Gasteiger partial charge is 0.494 e. The number of rotatable bonds is 7. The number of aromatic carboxylic acids is 1. The van der Waals surface area contributed by atoms with Gasteiger partial charge in [0, 0.05) is 13.1 Å². The zero-order valence-electron chi connectivity index (χ0n) is 13.4. The molecule has 0 atom stereocenters. The summed E-state index contributed by atoms with van der Waals surface area (Å²) < 4.78 is 5.36. The van der Waals surface area contributed by atoms with Crippen molar-refractivity contribution in [1.29, 1.82) is 0 Å². The van der Waals surface area contributed by atoms with Crippen molar-refractivity contribution in [3.8, 4) is 5.75 Å². The van der Waals surface area contributed by atoms with Gasteiger partial charge in [-0.1, -0.05) is 24.3 Å². The summed E-state index contributed by atoms with van der Waals surface area (Å²) in [6.45, 7) is 3.29. The highest BCUT2D eigenvalue weighted by atomic mass is 16.5. The van der Waals surface area contributed by atoms with Crippen molar-refractivity contribution < 1.29 is 19.4 Å². The maximum absolute atomic E-state index is 11.8. The molecule has 126 valence electrons. The predicted molar refractivity (Wildman–Crippen MR) is 90.1 cm³/mol. The normalized spacial score (nSPS) is 10.0. The summed E-state index contributed by atoms with van der Waals surface area (Å²) in [5, 5.41) is 14.3. The number of amides is 2. The second kappa shape index (κ2) is 8.57. The zero-order chi connectivity index (χ0) is 17.4. The Labute approximate surface area is 140 Å². The Morgan fingerprint density at radius 2 is 1.42 bits per heavy atom. The first kappa shape index (κ1) is 17.3. The summed E-state index contributed by atoms with van der Waals surface area (Å²) in [5.41, 5.74) is 2.02. The second-order valence-corrected chi connectivity index (χ2v) is 5.12. The van der Waals surface area contributed by atoms with E-state index in [0.29, 0.717) is 19.7 Å². The Hall–Kier alpha value is -3.02. The van der Waals surface area contributed by atoms with Crippen molar-refractivity contribution in [3.63, 3.8) is 0 Å². The Balaban J connectivity index is 1.75. The third-order valence-corrected chi connectivity index (χ3v) is 3.34. The van der Waals surface area contributed by atoms with Crippen LogP contribution < -0.4 is 15.4 Å². The van der Waals surface area contributed by atoms with Gasteiger partial charge < -0.3 is 20.5 Å². The van der Waals surface area contributed by atoms with Gasteiger partial charge in [-0.05, 0) is 42.3 Å². The number of carbonyl (C=O) groups excluding carboxylic acids is 1. The maximum atomic E-state index is 11.8. The molecule has 2 aromatic carbocycles. The van der Waals surface area contributed by atoms with Crippen LogP contribution in [0.3, 0.4) is 0 Å². The minimum atomic E-state index is -0.970. The molecule has 0 fully saturated rings. The highest BCUT2D eigenvalue weighted by Crippen LogP contribution is 2.11. The van der Waals surface area contributed by atoms with Crippen LogP contribution in [0.25, 0.3) is 0 Å². The summed E-state index contributed by atoms with van der Waals surface area (Å²) >= 11 is 0. The number of benzene rings is 2. The van der Waals surface area contributed by atoms with E-state index in [9.17, 15) is 9.59 Å². The molecule has 2 rings (SSSR count). The molecule has 0 saturated carbocycles. The Kier molecular flexibility index (Phi) is 6.19. The summed E-state index contributed by atoms with van der Waals surface area (Å²) in [6, 6.07) is 13.6. The molecule has 0 aliphatic heterocycles. The van der Waals surface area contributed by atoms with Crippen LogP contribution in [0.1, 0.15) is 28.4 Å². The number of urea groups is 1. The van der Waals surface area contributed by atoms with Crippen molar-refractivity contribution >= 4 is 12.0 Å². The van der Waals surface area contributed by atoms with E-state index in [1.807, 2.05) is 31.2 Å². The van der Waals surface area contributed by atoms with Crippen LogP contribution in [-0.4, -0.2) is 23.7 Å². The van der Waals surface area contributed by atoms with Crippen molar-refractivity contribution in [3.05, 3.63) is 65.2 Å². The number of carboxylic acid groups (broad SMARTS) is 1. The molecule has 3 N–H and O–H groups in total. The monoisotopic (exact) mass is 328 g/mol. The molecule has 2 aromatic rings. The molecule has 0 aliphatic rings. The summed E-state index contributed by atoms with van der Waals surface area (Å²) in [4.78, 5) is 22.6. The number of nitrogens with one attached hydrogen (secondary N) is 2. The van der Waals surface area contributed by atoms with E-state index in [4.69, 9.17) is 9.84 Å². The quantitative estimate of drug-likeness (QED) is 0.729. The molecular formula is C18H20N2O4. The van der Waals surface area contributed by atoms with Gasteiger partial charge in [0.05, 0.1) is 12.2 Å². The first-order valence-corrected chi connectivity index (χ1v) is 7.64. The van der Waals surface area contributed by atoms with Gasteiger partial charge in [0.1, 0.15) is 5.75 Å². The fraction of sp³-hybridized carbons (Fsp3) is 0.222. The smallest absolute Gasteiger partial charge is 0.335 e. The number of hydrogen-bond donors (Lipinski definition) is 3. The molecule has 0 heterocycles. The van der Waals surface area contributed by atoms with Gasteiger partial charge in [-0.3, -0.25) is 0 Å². The highest BCUT2D eigenvalue weighted by molar-refractivity contribution is 5.87. The van der Waals surface area contributed by atoms with Gasteiger partial charge in [-0.2, -0.15) is 0 Å². The average molecular weight is 328 g/mol. The van der Waals surface area contributed by atoms with Crippen molar-refractivity contribution in [2.45, 2.75) is 20.0 Å². The second-order valence-electron chi connectivity index (χ2n) is 5.12. The molecule has 0 saturated heterocycles. The fourth-order valence-electron chi connectivity index (χ4n) is 2.06. The Morgan fingerprint density at radius 3 is 1.88 bits per heavy atom. The van der Waals surface area contributed by atoms with Crippen LogP contribution in [0, 0.1) is 0 Å². The van der Waals surface area contributed by atoms with Gasteiger partial charge in [-0.25, -0.2) is 9.59 Å². The van der Waals surface area contributed by atoms with Crippen molar-refractivity contribution in [1.82, 2.24) is 10.6 Å². The molecule has 0 spiro atoms. The molecule has 6 nitrogen and oxygen atoms in total. The third-order valence-electron chi connectivity index (χ3n) is 3.34. The van der Waals surface area contributed by atoms with E-state index < -0.39 is 5.97 Å². The number of ether oxygens (including phenoxy) is 1. The molecule has 2 amide bonds. The first-order chi connectivity index (χ1) is 11.6. The van der Waals surface area contributed by atoms with E-state index >= 15 is 0 Å². The molecular weight excluding hydrogens is 308 g/mol. The van der Waals surface area contributed by atoms with Gasteiger partial charge in [0.2, 0.25) is 0 Å². The maximum Gasteiger partial charge on any atom is 0.335 e. The lowest BCUT2D eigenvalue weighted by atomic mass is 10.1. The van der Waals surface area contributed by atoms with Crippen LogP contribution in [0.15, 0.2) is 48.5 Å². The topological polar surface area (TPSA) is 87.7 Å². The van der Waals surface area contributed by atoms with Crippen molar-refractivity contribution in [2.24, 2.45) is 0 Å². The van der Waals surface area contributed by atoms with Gasteiger partial charge in [0.25, 0.3) is 0 Å². The molecule has 0 bridgehead atoms. The lowest BCUT2D eigenvalue weighted by Crippen LogP contribution is -2.34. The van der Waals surface area contributed by atoms with Crippen molar-refractivity contribution in [2.75, 3.05) is 6.61 Å². The molecule has 0 radical (unpaired) electrons. The SMILES string of the molecule is CCOc1ccc(CNC(=O)NCc2ccc(C(=O)O)cc2)cc1. The molecule has 0 unspecified atom stereocenters. The standard InChI is InChI=1S/C18H20N2O4/c1-2-24-16-9-5-14(6-10-16)12-20-18(23)19-11-13-3-7-15(8-4-13)17(21)22/h3-10H,2,11-12H2,1H3,(H,21,22)(H2,19,20,23). The molecule has 6 heteroatoms. The van der Waals surface area contributed by atoms with Gasteiger partial charge >= 0.3 is 12.0 Å². The highest BCUT2D eigenvalue weighted by Gasteiger charge is 2.04. The molecule has 24 heavy (non-hydrogen) atoms. The average Bonchev–Trinajstić information content (AvgIpc) is 2.60. The van der Waals surface area contributed by atoms with E-state index in [1.54, 1.807) is 12.1 Å². The predicted octanol–water partition coefficient (Wildman–Crippen LogP) is 2.78. The summed E-state index contributed by atoms with van der Waals surface area (Å²) in [7, 11) is 0. The first-order valence-electron chi connectivity index (χ1n) is 7.64. The number of carboxylic acids is 1. The minimum Gasteiger partial charge on any atom is -0.494 e. The molecule has 0 aliphatic carbocycles. The van der Waals surface area contributed by atoms with E-state index in [-0.39, 0.29) is 11.6 Å². The van der Waals surface area contributed by atoms with Crippen LogP contribution in [0.4, 0.5) is 4.79 Å². The van der Waals surface area contributed by atoms with Gasteiger partial charge in [0.15, 0.2) is 0 Å². The molecule has 0 aromatic heterocycles. The zero-order valence-corrected chi connectivity index (χ0v) is 13.4. The minimum absolute atomic E-state index is 0.221. The van der Waals surface area contributed by atoms with E-state index in [2.05, 4.69) is 10.6 Å². The Bertz CT molecular complexity index is 681. The van der Waals surface area contributed by atoms with Crippen LogP contribution in [-0.2, 0) is 13.1 Å². The Morgan fingerprint density at radius 1 is 0.917 bits per heavy atom. The fourth-order valence-corrected chi connectivity index (χ4v) is 2.06. The summed E-state index contributed by atoms with van der Waals surface area (Å²) in [6.07, 6.45) is 0. The van der Waals surface area contributed by atoms with Crippen LogP contribution in [0.5, 0.6) is 5.75 Å². The van der Waals surface area contributed by atoms with Crippen LogP contribution >= 0.6 is 0 Å². The summed E-state index contributed by atoms with van der Waals surface area (Å²) in [5.74, 6) is -0.168. The van der Waals surface area contributed by atoms with Gasteiger partial charge in [-0.15, -0.1) is 0 Å². The lowest BCUT2D eigenvalue weighted by Gasteiger charge is -2.09. The number of hydrogen-bond acceptors (Lipinski definition) is 3. The van der Waals surface area contributed by atoms with Crippen LogP contribution in [0.2, 0.25) is 0 Å². The lowest BCUT2D eigenvalue weighted by molar-refractivity contribution is 0.0697. The van der Waals surface area contributed by atoms with E-state index in [1.165, 1.54) is 12.1 Å².